The second-order valence-electron chi connectivity index (χ2n) is 6.38. The van der Waals surface area contributed by atoms with Gasteiger partial charge in [-0.05, 0) is 51.9 Å². The summed E-state index contributed by atoms with van der Waals surface area (Å²) >= 11 is 0. The molecule has 2 aromatic rings. The zero-order valence-corrected chi connectivity index (χ0v) is 15.7. The molecule has 0 spiro atoms. The second kappa shape index (κ2) is 9.38. The molecule has 2 N–H and O–H groups in total. The molecule has 0 aromatic carbocycles. The van der Waals surface area contributed by atoms with Crippen LogP contribution in [-0.4, -0.2) is 51.8 Å². The average Bonchev–Trinajstić information content (AvgIpc) is 3.42. The fourth-order valence-corrected chi connectivity index (χ4v) is 3.29. The van der Waals surface area contributed by atoms with Crippen molar-refractivity contribution in [2.75, 3.05) is 26.2 Å². The minimum absolute atomic E-state index is 0.218. The molecule has 8 nitrogen and oxygen atoms in total. The van der Waals surface area contributed by atoms with Crippen LogP contribution in [0.4, 0.5) is 0 Å². The van der Waals surface area contributed by atoms with Crippen LogP contribution in [0.1, 0.15) is 44.3 Å². The van der Waals surface area contributed by atoms with Crippen molar-refractivity contribution in [3.63, 3.8) is 0 Å². The van der Waals surface area contributed by atoms with Crippen molar-refractivity contribution in [1.29, 1.82) is 0 Å². The maximum atomic E-state index is 5.69. The fourth-order valence-electron chi connectivity index (χ4n) is 3.29. The molecule has 1 atom stereocenters. The highest BCUT2D eigenvalue weighted by molar-refractivity contribution is 5.79. The van der Waals surface area contributed by atoms with Crippen LogP contribution in [0.15, 0.2) is 34.1 Å². The zero-order chi connectivity index (χ0) is 18.2. The predicted octanol–water partition coefficient (Wildman–Crippen LogP) is 1.78. The first-order valence-corrected chi connectivity index (χ1v) is 9.48. The van der Waals surface area contributed by atoms with Crippen molar-refractivity contribution in [1.82, 2.24) is 30.3 Å². The summed E-state index contributed by atoms with van der Waals surface area (Å²) in [6.07, 6.45) is 5.98. The van der Waals surface area contributed by atoms with Crippen LogP contribution in [-0.2, 0) is 13.1 Å². The van der Waals surface area contributed by atoms with Gasteiger partial charge in [0.1, 0.15) is 18.6 Å². The molecule has 1 aliphatic rings. The van der Waals surface area contributed by atoms with Crippen LogP contribution in [0, 0.1) is 0 Å². The van der Waals surface area contributed by atoms with Crippen LogP contribution >= 0.6 is 0 Å². The van der Waals surface area contributed by atoms with Crippen LogP contribution in [0.2, 0.25) is 0 Å². The van der Waals surface area contributed by atoms with Crippen molar-refractivity contribution < 1.29 is 4.42 Å². The van der Waals surface area contributed by atoms with Crippen molar-refractivity contribution in [3.8, 4) is 0 Å². The van der Waals surface area contributed by atoms with Crippen LogP contribution in [0.5, 0.6) is 0 Å². The molecule has 142 valence electrons. The standard InChI is InChI=1S/C18H29N7O/c1-3-19-18(21-13-17-23-22-14-24(17)4-2)20-12-15(16-8-7-11-26-16)25-9-5-6-10-25/h7-8,11,14-15H,3-6,9-10,12-13H2,1-2H3,(H2,19,20,21). The molecule has 3 rings (SSSR count). The third kappa shape index (κ3) is 4.63. The Hall–Kier alpha value is -2.35. The SMILES string of the molecule is CCNC(=NCc1nncn1CC)NCC(c1ccco1)N1CCCC1. The number of rotatable bonds is 8. The monoisotopic (exact) mass is 359 g/mol. The summed E-state index contributed by atoms with van der Waals surface area (Å²) in [5.41, 5.74) is 0. The Morgan fingerprint density at radius 3 is 2.85 bits per heavy atom. The maximum Gasteiger partial charge on any atom is 0.191 e. The highest BCUT2D eigenvalue weighted by Gasteiger charge is 2.25. The van der Waals surface area contributed by atoms with Gasteiger partial charge in [-0.1, -0.05) is 0 Å². The van der Waals surface area contributed by atoms with Gasteiger partial charge in [0.05, 0.1) is 12.3 Å². The molecule has 2 aromatic heterocycles. The number of hydrogen-bond donors (Lipinski definition) is 2. The summed E-state index contributed by atoms with van der Waals surface area (Å²) < 4.78 is 7.69. The molecule has 8 heteroatoms. The quantitative estimate of drug-likeness (QED) is 0.552. The van der Waals surface area contributed by atoms with Gasteiger partial charge < -0.3 is 19.6 Å². The number of likely N-dealkylation sites (tertiary alicyclic amines) is 1. The molecule has 0 amide bonds. The van der Waals surface area contributed by atoms with Gasteiger partial charge in [0.2, 0.25) is 0 Å². The molecule has 26 heavy (non-hydrogen) atoms. The first-order valence-electron chi connectivity index (χ1n) is 9.48. The summed E-state index contributed by atoms with van der Waals surface area (Å²) in [6, 6.07) is 4.23. The van der Waals surface area contributed by atoms with E-state index < -0.39 is 0 Å². The molecule has 0 aliphatic carbocycles. The molecular weight excluding hydrogens is 330 g/mol. The maximum absolute atomic E-state index is 5.69. The number of aliphatic imine (C=N–C) groups is 1. The number of nitrogens with zero attached hydrogens (tertiary/aromatic N) is 5. The van der Waals surface area contributed by atoms with Crippen molar-refractivity contribution in [3.05, 3.63) is 36.3 Å². The van der Waals surface area contributed by atoms with Gasteiger partial charge in [-0.2, -0.15) is 0 Å². The number of aromatic nitrogens is 3. The average molecular weight is 359 g/mol. The number of aryl methyl sites for hydroxylation is 1. The smallest absolute Gasteiger partial charge is 0.191 e. The van der Waals surface area contributed by atoms with Gasteiger partial charge in [-0.3, -0.25) is 4.90 Å². The van der Waals surface area contributed by atoms with Crippen molar-refractivity contribution in [2.24, 2.45) is 4.99 Å². The Kier molecular flexibility index (Phi) is 6.65. The highest BCUT2D eigenvalue weighted by Crippen LogP contribution is 2.24. The van der Waals surface area contributed by atoms with Crippen LogP contribution in [0.3, 0.4) is 0 Å². The predicted molar refractivity (Wildman–Crippen MR) is 101 cm³/mol. The minimum atomic E-state index is 0.218. The van der Waals surface area contributed by atoms with E-state index in [1.165, 1.54) is 12.8 Å². The molecule has 0 bridgehead atoms. The Labute approximate surface area is 154 Å². The Morgan fingerprint density at radius 1 is 1.31 bits per heavy atom. The molecule has 0 radical (unpaired) electrons. The summed E-state index contributed by atoms with van der Waals surface area (Å²) in [5.74, 6) is 2.65. The third-order valence-electron chi connectivity index (χ3n) is 4.68. The van der Waals surface area contributed by atoms with E-state index in [0.29, 0.717) is 6.54 Å². The summed E-state index contributed by atoms with van der Waals surface area (Å²) in [4.78, 5) is 7.14. The van der Waals surface area contributed by atoms with Crippen LogP contribution < -0.4 is 10.6 Å². The first kappa shape index (κ1) is 18.4. The van der Waals surface area contributed by atoms with E-state index in [1.54, 1.807) is 12.6 Å². The lowest BCUT2D eigenvalue weighted by Gasteiger charge is -2.26. The molecule has 1 fully saturated rings. The van der Waals surface area contributed by atoms with Crippen molar-refractivity contribution in [2.45, 2.75) is 45.8 Å². The number of hydrogen-bond acceptors (Lipinski definition) is 5. The molecule has 3 heterocycles. The van der Waals surface area contributed by atoms with E-state index in [2.05, 4.69) is 50.6 Å². The second-order valence-corrected chi connectivity index (χ2v) is 6.38. The topological polar surface area (TPSA) is 83.5 Å². The van der Waals surface area contributed by atoms with E-state index in [9.17, 15) is 0 Å². The lowest BCUT2D eigenvalue weighted by Crippen LogP contribution is -2.42. The van der Waals surface area contributed by atoms with Gasteiger partial charge in [0, 0.05) is 19.6 Å². The Bertz CT molecular complexity index is 674. The summed E-state index contributed by atoms with van der Waals surface area (Å²) in [6.45, 7) is 9.26. The lowest BCUT2D eigenvalue weighted by molar-refractivity contribution is 0.215. The number of guanidine groups is 1. The molecule has 1 aliphatic heterocycles. The van der Waals surface area contributed by atoms with E-state index in [-0.39, 0.29) is 6.04 Å². The van der Waals surface area contributed by atoms with E-state index in [0.717, 1.165) is 50.3 Å². The number of nitrogens with one attached hydrogen (secondary N) is 2. The van der Waals surface area contributed by atoms with Crippen LogP contribution in [0.25, 0.3) is 0 Å². The van der Waals surface area contributed by atoms with Gasteiger partial charge in [0.25, 0.3) is 0 Å². The third-order valence-corrected chi connectivity index (χ3v) is 4.68. The zero-order valence-electron chi connectivity index (χ0n) is 15.7. The Balaban J connectivity index is 1.65. The van der Waals surface area contributed by atoms with Gasteiger partial charge in [0.15, 0.2) is 11.8 Å². The molecule has 0 saturated carbocycles. The first-order chi connectivity index (χ1) is 12.8. The largest absolute Gasteiger partial charge is 0.468 e. The van der Waals surface area contributed by atoms with Crippen molar-refractivity contribution >= 4 is 5.96 Å². The fraction of sp³-hybridized carbons (Fsp3) is 0.611. The van der Waals surface area contributed by atoms with Gasteiger partial charge in [-0.15, -0.1) is 10.2 Å². The van der Waals surface area contributed by atoms with E-state index in [4.69, 9.17) is 4.42 Å². The minimum Gasteiger partial charge on any atom is -0.468 e. The van der Waals surface area contributed by atoms with E-state index >= 15 is 0 Å². The van der Waals surface area contributed by atoms with E-state index in [1.807, 2.05) is 10.6 Å². The molecular formula is C18H29N7O. The van der Waals surface area contributed by atoms with Gasteiger partial charge in [-0.25, -0.2) is 4.99 Å². The van der Waals surface area contributed by atoms with Gasteiger partial charge >= 0.3 is 0 Å². The normalized spacial score (nSPS) is 16.8. The Morgan fingerprint density at radius 2 is 2.15 bits per heavy atom. The summed E-state index contributed by atoms with van der Waals surface area (Å²) in [7, 11) is 0. The molecule has 1 unspecified atom stereocenters. The highest BCUT2D eigenvalue weighted by atomic mass is 16.3. The number of furan rings is 1. The molecule has 1 saturated heterocycles. The summed E-state index contributed by atoms with van der Waals surface area (Å²) in [5, 5.41) is 14.9. The lowest BCUT2D eigenvalue weighted by atomic mass is 10.2.